The second-order valence-corrected chi connectivity index (χ2v) is 5.76. The van der Waals surface area contributed by atoms with Gasteiger partial charge in [0, 0.05) is 6.20 Å². The van der Waals surface area contributed by atoms with Gasteiger partial charge in [0.1, 0.15) is 10.3 Å². The van der Waals surface area contributed by atoms with E-state index >= 15 is 0 Å². The first-order valence-corrected chi connectivity index (χ1v) is 7.97. The number of fused-ring (bicyclic) bond motifs is 1. The number of thiazole rings is 1. The van der Waals surface area contributed by atoms with E-state index in [1.807, 2.05) is 24.3 Å². The van der Waals surface area contributed by atoms with Gasteiger partial charge in [0.2, 0.25) is 0 Å². The Hall–Kier alpha value is -2.67. The number of nitrogens with zero attached hydrogens (tertiary/aromatic N) is 2. The first kappa shape index (κ1) is 15.2. The van der Waals surface area contributed by atoms with Crippen molar-refractivity contribution in [3.8, 4) is 5.19 Å². The Labute approximate surface area is 137 Å². The van der Waals surface area contributed by atoms with Gasteiger partial charge in [-0.1, -0.05) is 36.5 Å². The van der Waals surface area contributed by atoms with E-state index in [1.165, 1.54) is 17.5 Å². The summed E-state index contributed by atoms with van der Waals surface area (Å²) in [6.07, 6.45) is 2.41. The Bertz CT molecular complexity index is 847. The van der Waals surface area contributed by atoms with E-state index in [1.54, 1.807) is 13.2 Å². The first-order chi connectivity index (χ1) is 11.2. The number of hydrogen-bond acceptors (Lipinski definition) is 6. The lowest BCUT2D eigenvalue weighted by atomic mass is 10.1. The molecule has 2 N–H and O–H groups in total. The molecule has 7 heteroatoms. The topological polar surface area (TPSA) is 76.1 Å². The second kappa shape index (κ2) is 6.62. The number of methoxy groups -OCH3 is 1. The van der Waals surface area contributed by atoms with Crippen molar-refractivity contribution in [3.63, 3.8) is 0 Å². The number of carbonyl (C=O) groups is 1. The average Bonchev–Trinajstić information content (AvgIpc) is 3.02. The van der Waals surface area contributed by atoms with Gasteiger partial charge in [0.05, 0.1) is 18.4 Å². The number of hydrazine groups is 1. The molecule has 118 valence electrons. The normalized spacial score (nSPS) is 10.5. The number of hydrogen-bond donors (Lipinski definition) is 2. The molecule has 3 rings (SSSR count). The minimum Gasteiger partial charge on any atom is -0.473 e. The number of pyridine rings is 1. The quantitative estimate of drug-likeness (QED) is 0.704. The number of carbonyl (C=O) groups excluding carboxylic acids is 1. The van der Waals surface area contributed by atoms with Gasteiger partial charge in [0.25, 0.3) is 11.1 Å². The maximum Gasteiger partial charge on any atom is 0.275 e. The molecule has 0 aliphatic carbocycles. The summed E-state index contributed by atoms with van der Waals surface area (Å²) in [5, 5.41) is 0.528. The molecular formula is C16H16N4O2S. The number of benzene rings is 1. The molecule has 0 saturated carbocycles. The fourth-order valence-electron chi connectivity index (χ4n) is 2.16. The standard InChI is InChI=1S/C16H16N4O2S/c1-3-10-6-4-5-7-12(10)19-20-14(21)11-8-13-15(17-9-11)23-16(18-13)22-2/h4-9,19H,3H2,1-2H3,(H,20,21). The van der Waals surface area contributed by atoms with Crippen LogP contribution in [0.15, 0.2) is 36.5 Å². The smallest absolute Gasteiger partial charge is 0.275 e. The summed E-state index contributed by atoms with van der Waals surface area (Å²) >= 11 is 1.34. The molecule has 0 radical (unpaired) electrons. The summed E-state index contributed by atoms with van der Waals surface area (Å²) < 4.78 is 5.08. The van der Waals surface area contributed by atoms with E-state index < -0.39 is 0 Å². The van der Waals surface area contributed by atoms with E-state index in [4.69, 9.17) is 4.74 Å². The molecule has 0 atom stereocenters. The Balaban J connectivity index is 1.75. The lowest BCUT2D eigenvalue weighted by Crippen LogP contribution is -2.29. The Kier molecular flexibility index (Phi) is 4.38. The largest absolute Gasteiger partial charge is 0.473 e. The maximum absolute atomic E-state index is 12.3. The molecule has 2 aromatic heterocycles. The molecule has 0 aliphatic rings. The summed E-state index contributed by atoms with van der Waals surface area (Å²) in [7, 11) is 1.56. The lowest BCUT2D eigenvalue weighted by Gasteiger charge is -2.11. The van der Waals surface area contributed by atoms with Crippen molar-refractivity contribution in [2.24, 2.45) is 0 Å². The molecule has 1 aromatic carbocycles. The van der Waals surface area contributed by atoms with Crippen LogP contribution in [0, 0.1) is 0 Å². The second-order valence-electron chi connectivity index (χ2n) is 4.82. The maximum atomic E-state index is 12.3. The van der Waals surface area contributed by atoms with Crippen LogP contribution in [0.25, 0.3) is 10.3 Å². The third kappa shape index (κ3) is 3.24. The fourth-order valence-corrected chi connectivity index (χ4v) is 2.87. The highest BCUT2D eigenvalue weighted by Crippen LogP contribution is 2.26. The van der Waals surface area contributed by atoms with E-state index in [9.17, 15) is 4.79 Å². The first-order valence-electron chi connectivity index (χ1n) is 7.16. The molecule has 0 spiro atoms. The van der Waals surface area contributed by atoms with Crippen LogP contribution in [-0.2, 0) is 6.42 Å². The third-order valence-corrected chi connectivity index (χ3v) is 4.31. The van der Waals surface area contributed by atoms with Crippen LogP contribution in [0.2, 0.25) is 0 Å². The number of amides is 1. The van der Waals surface area contributed by atoms with Crippen molar-refractivity contribution in [2.45, 2.75) is 13.3 Å². The molecule has 6 nitrogen and oxygen atoms in total. The van der Waals surface area contributed by atoms with Gasteiger partial charge in [-0.25, -0.2) is 9.97 Å². The van der Waals surface area contributed by atoms with Crippen molar-refractivity contribution < 1.29 is 9.53 Å². The van der Waals surface area contributed by atoms with Gasteiger partial charge >= 0.3 is 0 Å². The predicted octanol–water partition coefficient (Wildman–Crippen LogP) is 3.02. The fraction of sp³-hybridized carbons (Fsp3) is 0.188. The van der Waals surface area contributed by atoms with Crippen molar-refractivity contribution in [2.75, 3.05) is 12.5 Å². The average molecular weight is 328 g/mol. The number of aryl methyl sites for hydroxylation is 1. The van der Waals surface area contributed by atoms with Crippen LogP contribution in [0.5, 0.6) is 5.19 Å². The monoisotopic (exact) mass is 328 g/mol. The zero-order chi connectivity index (χ0) is 16.2. The number of aromatic nitrogens is 2. The molecule has 0 fully saturated rings. The van der Waals surface area contributed by atoms with Crippen LogP contribution < -0.4 is 15.6 Å². The molecule has 0 aliphatic heterocycles. The number of ether oxygens (including phenoxy) is 1. The van der Waals surface area contributed by atoms with Crippen molar-refractivity contribution in [1.29, 1.82) is 0 Å². The summed E-state index contributed by atoms with van der Waals surface area (Å²) in [6, 6.07) is 9.53. The predicted molar refractivity (Wildman–Crippen MR) is 90.9 cm³/mol. The molecule has 0 unspecified atom stereocenters. The van der Waals surface area contributed by atoms with Crippen molar-refractivity contribution in [3.05, 3.63) is 47.7 Å². The molecule has 0 bridgehead atoms. The summed E-state index contributed by atoms with van der Waals surface area (Å²) in [5.74, 6) is -0.266. The number of para-hydroxylation sites is 1. The molecule has 2 heterocycles. The van der Waals surface area contributed by atoms with Crippen LogP contribution >= 0.6 is 11.3 Å². The molecule has 0 saturated heterocycles. The van der Waals surface area contributed by atoms with Gasteiger partial charge in [0.15, 0.2) is 0 Å². The van der Waals surface area contributed by atoms with Gasteiger partial charge < -0.3 is 4.74 Å². The van der Waals surface area contributed by atoms with Crippen LogP contribution in [0.3, 0.4) is 0 Å². The van der Waals surface area contributed by atoms with Crippen molar-refractivity contribution in [1.82, 2.24) is 15.4 Å². The Morgan fingerprint density at radius 3 is 2.96 bits per heavy atom. The zero-order valence-corrected chi connectivity index (χ0v) is 13.6. The van der Waals surface area contributed by atoms with E-state index in [0.29, 0.717) is 16.3 Å². The van der Waals surface area contributed by atoms with Gasteiger partial charge in [-0.05, 0) is 24.1 Å². The zero-order valence-electron chi connectivity index (χ0n) is 12.8. The Morgan fingerprint density at radius 2 is 2.17 bits per heavy atom. The SMILES string of the molecule is CCc1ccccc1NNC(=O)c1cnc2sc(OC)nc2c1. The van der Waals surface area contributed by atoms with Crippen LogP contribution in [-0.4, -0.2) is 23.0 Å². The number of rotatable bonds is 5. The van der Waals surface area contributed by atoms with Gasteiger partial charge in [-0.3, -0.25) is 15.6 Å². The van der Waals surface area contributed by atoms with E-state index in [0.717, 1.165) is 22.5 Å². The minimum absolute atomic E-state index is 0.266. The van der Waals surface area contributed by atoms with Gasteiger partial charge in [-0.15, -0.1) is 0 Å². The highest BCUT2D eigenvalue weighted by Gasteiger charge is 2.11. The molecule has 3 aromatic rings. The summed E-state index contributed by atoms with van der Waals surface area (Å²) in [5.41, 5.74) is 8.74. The minimum atomic E-state index is -0.266. The Morgan fingerprint density at radius 1 is 1.35 bits per heavy atom. The lowest BCUT2D eigenvalue weighted by molar-refractivity contribution is 0.0962. The van der Waals surface area contributed by atoms with E-state index in [2.05, 4.69) is 27.7 Å². The van der Waals surface area contributed by atoms with Crippen molar-refractivity contribution >= 4 is 33.3 Å². The highest BCUT2D eigenvalue weighted by atomic mass is 32.1. The summed E-state index contributed by atoms with van der Waals surface area (Å²) in [6.45, 7) is 2.07. The third-order valence-electron chi connectivity index (χ3n) is 3.37. The highest BCUT2D eigenvalue weighted by molar-refractivity contribution is 7.19. The van der Waals surface area contributed by atoms with Gasteiger partial charge in [-0.2, -0.15) is 0 Å². The summed E-state index contributed by atoms with van der Waals surface area (Å²) in [4.78, 5) is 21.5. The van der Waals surface area contributed by atoms with E-state index in [-0.39, 0.29) is 5.91 Å². The number of nitrogens with one attached hydrogen (secondary N) is 2. The number of anilines is 1. The molecule has 1 amide bonds. The van der Waals surface area contributed by atoms with Crippen LogP contribution in [0.4, 0.5) is 5.69 Å². The van der Waals surface area contributed by atoms with Crippen LogP contribution in [0.1, 0.15) is 22.8 Å². The molecular weight excluding hydrogens is 312 g/mol. The molecule has 23 heavy (non-hydrogen) atoms.